The van der Waals surface area contributed by atoms with E-state index in [-0.39, 0.29) is 0 Å². The number of hydrogen-bond donors (Lipinski definition) is 3. The van der Waals surface area contributed by atoms with Crippen molar-refractivity contribution in [2.24, 2.45) is 0 Å². The van der Waals surface area contributed by atoms with Gasteiger partial charge >= 0.3 is 6.09 Å². The predicted molar refractivity (Wildman–Crippen MR) is 74.1 cm³/mol. The average molecular weight is 261 g/mol. The summed E-state index contributed by atoms with van der Waals surface area (Å²) in [5, 5.41) is 22.7. The second kappa shape index (κ2) is 8.81. The molecule has 0 aromatic heterocycles. The number of unbranched alkanes of at least 4 members (excludes halogenated alkanes) is 3. The monoisotopic (exact) mass is 261 g/mol. The van der Waals surface area contributed by atoms with E-state index in [4.69, 9.17) is 10.4 Å². The normalized spacial score (nSPS) is 9.63. The highest BCUT2D eigenvalue weighted by Gasteiger charge is 1.95. The number of benzene rings is 1. The first kappa shape index (κ1) is 14.8. The third kappa shape index (κ3) is 6.94. The second-order valence-corrected chi connectivity index (χ2v) is 4.26. The van der Waals surface area contributed by atoms with Gasteiger partial charge in [0.2, 0.25) is 0 Å². The lowest BCUT2D eigenvalue weighted by Gasteiger charge is -2.06. The minimum absolute atomic E-state index is 0.526. The molecular weight excluding hydrogens is 242 g/mol. The fraction of sp³-hybridized carbons (Fsp3) is 0.429. The number of carboxylic acid groups (broad SMARTS) is 1. The number of nitrogens with one attached hydrogen (secondary N) is 2. The van der Waals surface area contributed by atoms with Crippen LogP contribution >= 0.6 is 0 Å². The van der Waals surface area contributed by atoms with Crippen LogP contribution in [0, 0.1) is 11.3 Å². The quantitative estimate of drug-likeness (QED) is 0.628. The highest BCUT2D eigenvalue weighted by atomic mass is 16.4. The highest BCUT2D eigenvalue weighted by Crippen LogP contribution is 2.09. The Hall–Kier alpha value is -2.22. The third-order valence-electron chi connectivity index (χ3n) is 2.72. The topological polar surface area (TPSA) is 85.2 Å². The molecule has 1 amide bonds. The van der Waals surface area contributed by atoms with E-state index in [2.05, 4.69) is 16.7 Å². The van der Waals surface area contributed by atoms with Crippen molar-refractivity contribution in [2.45, 2.75) is 25.7 Å². The summed E-state index contributed by atoms with van der Waals surface area (Å²) in [5.41, 5.74) is 1.68. The molecule has 0 saturated heterocycles. The SMILES string of the molecule is N#Cc1ccc(NCCCCCCNC(=O)O)cc1. The van der Waals surface area contributed by atoms with E-state index >= 15 is 0 Å². The molecule has 0 bridgehead atoms. The van der Waals surface area contributed by atoms with Crippen LogP contribution in [0.5, 0.6) is 0 Å². The van der Waals surface area contributed by atoms with Crippen molar-refractivity contribution in [3.63, 3.8) is 0 Å². The predicted octanol–water partition coefficient (Wildman–Crippen LogP) is 2.80. The van der Waals surface area contributed by atoms with Gasteiger partial charge in [0.15, 0.2) is 0 Å². The Morgan fingerprint density at radius 1 is 1.11 bits per heavy atom. The van der Waals surface area contributed by atoms with Gasteiger partial charge in [0.1, 0.15) is 0 Å². The van der Waals surface area contributed by atoms with Crippen LogP contribution in [0.25, 0.3) is 0 Å². The Balaban J connectivity index is 2.01. The summed E-state index contributed by atoms with van der Waals surface area (Å²) in [7, 11) is 0. The summed E-state index contributed by atoms with van der Waals surface area (Å²) in [6.07, 6.45) is 3.07. The minimum Gasteiger partial charge on any atom is -0.465 e. The van der Waals surface area contributed by atoms with Gasteiger partial charge in [-0.1, -0.05) is 12.8 Å². The lowest BCUT2D eigenvalue weighted by Crippen LogP contribution is -2.21. The summed E-state index contributed by atoms with van der Waals surface area (Å²) in [6.45, 7) is 1.41. The number of amides is 1. The van der Waals surface area contributed by atoms with E-state index in [1.165, 1.54) is 0 Å². The first-order valence-corrected chi connectivity index (χ1v) is 6.43. The van der Waals surface area contributed by atoms with Gasteiger partial charge in [-0.15, -0.1) is 0 Å². The minimum atomic E-state index is -0.956. The highest BCUT2D eigenvalue weighted by molar-refractivity contribution is 5.64. The van der Waals surface area contributed by atoms with E-state index in [0.29, 0.717) is 12.1 Å². The molecule has 0 unspecified atom stereocenters. The molecule has 0 aliphatic carbocycles. The second-order valence-electron chi connectivity index (χ2n) is 4.26. The fourth-order valence-corrected chi connectivity index (χ4v) is 1.69. The van der Waals surface area contributed by atoms with Crippen molar-refractivity contribution in [3.8, 4) is 6.07 Å². The maximum absolute atomic E-state index is 10.2. The number of nitriles is 1. The molecule has 0 saturated carbocycles. The number of rotatable bonds is 8. The number of anilines is 1. The third-order valence-corrected chi connectivity index (χ3v) is 2.72. The molecule has 5 nitrogen and oxygen atoms in total. The molecule has 3 N–H and O–H groups in total. The van der Waals surface area contributed by atoms with E-state index in [1.54, 1.807) is 12.1 Å². The summed E-state index contributed by atoms with van der Waals surface area (Å²) in [4.78, 5) is 10.2. The van der Waals surface area contributed by atoms with Gasteiger partial charge in [0, 0.05) is 18.8 Å². The molecule has 0 atom stereocenters. The van der Waals surface area contributed by atoms with Gasteiger partial charge in [0.25, 0.3) is 0 Å². The van der Waals surface area contributed by atoms with E-state index in [1.807, 2.05) is 12.1 Å². The van der Waals surface area contributed by atoms with Gasteiger partial charge in [-0.2, -0.15) is 5.26 Å². The molecule has 1 rings (SSSR count). The molecule has 0 radical (unpaired) electrons. The number of carbonyl (C=O) groups is 1. The summed E-state index contributed by atoms with van der Waals surface area (Å²) >= 11 is 0. The molecular formula is C14H19N3O2. The smallest absolute Gasteiger partial charge is 0.404 e. The van der Waals surface area contributed by atoms with Gasteiger partial charge in [0.05, 0.1) is 11.6 Å². The molecule has 0 heterocycles. The van der Waals surface area contributed by atoms with Gasteiger partial charge in [-0.3, -0.25) is 0 Å². The van der Waals surface area contributed by atoms with Gasteiger partial charge < -0.3 is 15.7 Å². The maximum Gasteiger partial charge on any atom is 0.404 e. The molecule has 1 aromatic rings. The van der Waals surface area contributed by atoms with E-state index in [9.17, 15) is 4.79 Å². The first-order valence-electron chi connectivity index (χ1n) is 6.43. The van der Waals surface area contributed by atoms with Crippen LogP contribution in [0.3, 0.4) is 0 Å². The Bertz CT molecular complexity index is 423. The van der Waals surface area contributed by atoms with Crippen LogP contribution in [0.15, 0.2) is 24.3 Å². The molecule has 0 aliphatic rings. The van der Waals surface area contributed by atoms with E-state index in [0.717, 1.165) is 37.9 Å². The largest absolute Gasteiger partial charge is 0.465 e. The van der Waals surface area contributed by atoms with Crippen molar-refractivity contribution < 1.29 is 9.90 Å². The number of hydrogen-bond acceptors (Lipinski definition) is 3. The molecule has 1 aromatic carbocycles. The first-order chi connectivity index (χ1) is 9.22. The summed E-state index contributed by atoms with van der Waals surface area (Å²) < 4.78 is 0. The van der Waals surface area contributed by atoms with Crippen LogP contribution < -0.4 is 10.6 Å². The zero-order valence-corrected chi connectivity index (χ0v) is 10.9. The molecule has 5 heteroatoms. The van der Waals surface area contributed by atoms with Crippen LogP contribution in [0.1, 0.15) is 31.2 Å². The van der Waals surface area contributed by atoms with Crippen LogP contribution in [-0.4, -0.2) is 24.3 Å². The zero-order valence-electron chi connectivity index (χ0n) is 10.9. The average Bonchev–Trinajstić information content (AvgIpc) is 2.42. The molecule has 0 spiro atoms. The van der Waals surface area contributed by atoms with Crippen LogP contribution in [-0.2, 0) is 0 Å². The Morgan fingerprint density at radius 2 is 1.74 bits per heavy atom. The lowest BCUT2D eigenvalue weighted by molar-refractivity contribution is 0.194. The van der Waals surface area contributed by atoms with Crippen molar-refractivity contribution in [2.75, 3.05) is 18.4 Å². The number of nitrogens with zero attached hydrogens (tertiary/aromatic N) is 1. The van der Waals surface area contributed by atoms with E-state index < -0.39 is 6.09 Å². The molecule has 19 heavy (non-hydrogen) atoms. The van der Waals surface area contributed by atoms with Crippen molar-refractivity contribution in [3.05, 3.63) is 29.8 Å². The molecule has 0 aliphatic heterocycles. The van der Waals surface area contributed by atoms with Crippen molar-refractivity contribution >= 4 is 11.8 Å². The van der Waals surface area contributed by atoms with Crippen LogP contribution in [0.4, 0.5) is 10.5 Å². The Morgan fingerprint density at radius 3 is 2.32 bits per heavy atom. The van der Waals surface area contributed by atoms with Gasteiger partial charge in [-0.05, 0) is 37.1 Å². The van der Waals surface area contributed by atoms with Crippen LogP contribution in [0.2, 0.25) is 0 Å². The standard InChI is InChI=1S/C14H19N3O2/c15-11-12-5-7-13(8-6-12)16-9-3-1-2-4-10-17-14(18)19/h5-8,16-17H,1-4,9-10H2,(H,18,19). The summed E-state index contributed by atoms with van der Waals surface area (Å²) in [5.74, 6) is 0. The zero-order chi connectivity index (χ0) is 13.9. The maximum atomic E-state index is 10.2. The van der Waals surface area contributed by atoms with Gasteiger partial charge in [-0.25, -0.2) is 4.79 Å². The molecule has 0 fully saturated rings. The lowest BCUT2D eigenvalue weighted by atomic mass is 10.2. The Kier molecular flexibility index (Phi) is 6.88. The Labute approximate surface area is 113 Å². The fourth-order valence-electron chi connectivity index (χ4n) is 1.69. The molecule has 102 valence electrons. The van der Waals surface area contributed by atoms with Crippen molar-refractivity contribution in [1.29, 1.82) is 5.26 Å². The van der Waals surface area contributed by atoms with Crippen molar-refractivity contribution in [1.82, 2.24) is 5.32 Å². The summed E-state index contributed by atoms with van der Waals surface area (Å²) in [6, 6.07) is 9.46.